The van der Waals surface area contributed by atoms with Crippen molar-refractivity contribution in [1.29, 1.82) is 0 Å². The number of esters is 1. The highest BCUT2D eigenvalue weighted by Crippen LogP contribution is 2.30. The summed E-state index contributed by atoms with van der Waals surface area (Å²) in [5, 5.41) is 7.17. The molecule has 9 nitrogen and oxygen atoms in total. The fraction of sp³-hybridized carbons (Fsp3) is 0.455. The Morgan fingerprint density at radius 3 is 2.71 bits per heavy atom. The molecular weight excluding hydrogens is 400 g/mol. The number of ether oxygens (including phenoxy) is 2. The third-order valence-corrected chi connectivity index (χ3v) is 4.91. The summed E-state index contributed by atoms with van der Waals surface area (Å²) in [5.74, 6) is -0.0895. The molecule has 1 aromatic heterocycles. The van der Waals surface area contributed by atoms with Crippen LogP contribution in [0, 0.1) is 5.92 Å². The number of nitrogens with one attached hydrogen (secondary N) is 2. The van der Waals surface area contributed by atoms with Crippen molar-refractivity contribution >= 4 is 17.6 Å². The molecule has 0 spiro atoms. The molecule has 2 heterocycles. The van der Waals surface area contributed by atoms with Gasteiger partial charge in [0.05, 0.1) is 31.1 Å². The Kier molecular flexibility index (Phi) is 7.28. The van der Waals surface area contributed by atoms with E-state index in [1.165, 1.54) is 6.33 Å². The van der Waals surface area contributed by atoms with E-state index in [1.807, 2.05) is 32.0 Å². The van der Waals surface area contributed by atoms with E-state index in [4.69, 9.17) is 14.3 Å². The van der Waals surface area contributed by atoms with Crippen LogP contribution in [-0.2, 0) is 25.6 Å². The van der Waals surface area contributed by atoms with Gasteiger partial charge in [-0.2, -0.15) is 0 Å². The van der Waals surface area contributed by atoms with Gasteiger partial charge in [-0.15, -0.1) is 0 Å². The molecule has 2 aromatic rings. The van der Waals surface area contributed by atoms with Crippen molar-refractivity contribution in [3.8, 4) is 5.75 Å². The molecule has 2 N–H and O–H groups in total. The van der Waals surface area contributed by atoms with E-state index in [-0.39, 0.29) is 37.9 Å². The highest BCUT2D eigenvalue weighted by molar-refractivity contribution is 5.99. The standard InChI is InChI=1S/C22H28N4O5/c1-4-29-21(28)22(13-30-17-8-6-5-7-9-17)11-18(26-31-22)20(15(2)3)25-19(27)10-16-12-23-14-24-16/h5-9,12,14-15,20H,4,10-11,13H2,1-3H3,(H,23,24)(H,25,27)/t20-,22?/m0/s1. The fourth-order valence-corrected chi connectivity index (χ4v) is 3.31. The van der Waals surface area contributed by atoms with Crippen LogP contribution >= 0.6 is 0 Å². The molecule has 1 aliphatic heterocycles. The van der Waals surface area contributed by atoms with Gasteiger partial charge < -0.3 is 24.6 Å². The van der Waals surface area contributed by atoms with Crippen LogP contribution in [0.15, 0.2) is 48.0 Å². The third kappa shape index (κ3) is 5.62. The molecule has 0 radical (unpaired) electrons. The summed E-state index contributed by atoms with van der Waals surface area (Å²) in [7, 11) is 0. The molecule has 31 heavy (non-hydrogen) atoms. The number of rotatable bonds is 10. The van der Waals surface area contributed by atoms with Crippen molar-refractivity contribution in [3.05, 3.63) is 48.5 Å². The monoisotopic (exact) mass is 428 g/mol. The van der Waals surface area contributed by atoms with Crippen LogP contribution in [0.2, 0.25) is 0 Å². The number of carbonyl (C=O) groups excluding carboxylic acids is 2. The number of para-hydroxylation sites is 1. The molecule has 0 aliphatic carbocycles. The van der Waals surface area contributed by atoms with Gasteiger partial charge in [-0.1, -0.05) is 37.2 Å². The molecule has 166 valence electrons. The number of aromatic amines is 1. The molecule has 0 saturated carbocycles. The third-order valence-electron chi connectivity index (χ3n) is 4.91. The van der Waals surface area contributed by atoms with Crippen LogP contribution < -0.4 is 10.1 Å². The highest BCUT2D eigenvalue weighted by Gasteiger charge is 2.51. The van der Waals surface area contributed by atoms with Crippen molar-refractivity contribution in [3.63, 3.8) is 0 Å². The Balaban J connectivity index is 1.71. The summed E-state index contributed by atoms with van der Waals surface area (Å²) in [6.45, 7) is 5.81. The second kappa shape index (κ2) is 10.1. The molecule has 0 bridgehead atoms. The van der Waals surface area contributed by atoms with Crippen molar-refractivity contribution in [1.82, 2.24) is 15.3 Å². The number of hydrogen-bond donors (Lipinski definition) is 2. The van der Waals surface area contributed by atoms with Gasteiger partial charge in [0.15, 0.2) is 0 Å². The first kappa shape index (κ1) is 22.3. The summed E-state index contributed by atoms with van der Waals surface area (Å²) in [5.41, 5.74) is -0.123. The van der Waals surface area contributed by atoms with Crippen molar-refractivity contribution in [2.75, 3.05) is 13.2 Å². The van der Waals surface area contributed by atoms with Crippen LogP contribution in [0.25, 0.3) is 0 Å². The summed E-state index contributed by atoms with van der Waals surface area (Å²) in [4.78, 5) is 37.7. The lowest BCUT2D eigenvalue weighted by Gasteiger charge is -2.26. The van der Waals surface area contributed by atoms with E-state index in [1.54, 1.807) is 25.3 Å². The van der Waals surface area contributed by atoms with Gasteiger partial charge in [-0.3, -0.25) is 4.79 Å². The summed E-state index contributed by atoms with van der Waals surface area (Å²) >= 11 is 0. The van der Waals surface area contributed by atoms with Gasteiger partial charge in [0.2, 0.25) is 5.91 Å². The van der Waals surface area contributed by atoms with Crippen LogP contribution in [0.4, 0.5) is 0 Å². The Morgan fingerprint density at radius 1 is 1.29 bits per heavy atom. The fourth-order valence-electron chi connectivity index (χ4n) is 3.31. The minimum absolute atomic E-state index is 0.0288. The lowest BCUT2D eigenvalue weighted by molar-refractivity contribution is -0.172. The highest BCUT2D eigenvalue weighted by atomic mass is 16.7. The minimum Gasteiger partial charge on any atom is -0.489 e. The molecule has 2 atom stereocenters. The van der Waals surface area contributed by atoms with E-state index in [9.17, 15) is 9.59 Å². The Hall–Kier alpha value is -3.36. The zero-order chi connectivity index (χ0) is 22.3. The van der Waals surface area contributed by atoms with E-state index < -0.39 is 17.6 Å². The number of amides is 1. The summed E-state index contributed by atoms with van der Waals surface area (Å²) < 4.78 is 11.0. The van der Waals surface area contributed by atoms with E-state index in [0.29, 0.717) is 17.2 Å². The van der Waals surface area contributed by atoms with E-state index in [0.717, 1.165) is 0 Å². The molecule has 3 rings (SSSR count). The van der Waals surface area contributed by atoms with E-state index in [2.05, 4.69) is 20.4 Å². The number of nitrogens with zero attached hydrogens (tertiary/aromatic N) is 2. The number of carbonyl (C=O) groups is 2. The molecule has 1 amide bonds. The van der Waals surface area contributed by atoms with Gasteiger partial charge in [-0.05, 0) is 25.0 Å². The maximum atomic E-state index is 12.8. The first-order valence-corrected chi connectivity index (χ1v) is 10.3. The molecule has 0 saturated heterocycles. The van der Waals surface area contributed by atoms with Gasteiger partial charge in [0.25, 0.3) is 5.60 Å². The van der Waals surface area contributed by atoms with Crippen LogP contribution in [0.3, 0.4) is 0 Å². The molecule has 1 aliphatic rings. The van der Waals surface area contributed by atoms with E-state index >= 15 is 0 Å². The predicted molar refractivity (Wildman–Crippen MR) is 113 cm³/mol. The number of oxime groups is 1. The van der Waals surface area contributed by atoms with Crippen LogP contribution in [0.1, 0.15) is 32.9 Å². The molecule has 0 fully saturated rings. The molecular formula is C22H28N4O5. The number of benzene rings is 1. The maximum absolute atomic E-state index is 12.8. The normalized spacial score (nSPS) is 18.8. The van der Waals surface area contributed by atoms with Crippen molar-refractivity contribution in [2.24, 2.45) is 11.1 Å². The number of hydrogen-bond acceptors (Lipinski definition) is 7. The maximum Gasteiger partial charge on any atom is 0.357 e. The molecule has 9 heteroatoms. The second-order valence-electron chi connectivity index (χ2n) is 7.71. The average molecular weight is 428 g/mol. The Labute approximate surface area is 181 Å². The average Bonchev–Trinajstić information content (AvgIpc) is 3.42. The lowest BCUT2D eigenvalue weighted by Crippen LogP contribution is -2.49. The van der Waals surface area contributed by atoms with Gasteiger partial charge in [0, 0.05) is 18.3 Å². The number of imidazole rings is 1. The first-order chi connectivity index (χ1) is 14.9. The van der Waals surface area contributed by atoms with Crippen molar-refractivity contribution in [2.45, 2.75) is 45.3 Å². The zero-order valence-corrected chi connectivity index (χ0v) is 18.0. The van der Waals surface area contributed by atoms with Gasteiger partial charge >= 0.3 is 5.97 Å². The summed E-state index contributed by atoms with van der Waals surface area (Å²) in [6, 6.07) is 8.75. The second-order valence-corrected chi connectivity index (χ2v) is 7.71. The van der Waals surface area contributed by atoms with Crippen LogP contribution in [0.5, 0.6) is 5.75 Å². The largest absolute Gasteiger partial charge is 0.489 e. The topological polar surface area (TPSA) is 115 Å². The molecule has 1 unspecified atom stereocenters. The van der Waals surface area contributed by atoms with Gasteiger partial charge in [-0.25, -0.2) is 9.78 Å². The SMILES string of the molecule is CCOC(=O)C1(COc2ccccc2)CC([C@@H](NC(=O)Cc2cnc[nH]2)C(C)C)=NO1. The minimum atomic E-state index is -1.40. The number of aromatic nitrogens is 2. The zero-order valence-electron chi connectivity index (χ0n) is 18.0. The van der Waals surface area contributed by atoms with Crippen molar-refractivity contribution < 1.29 is 23.9 Å². The molecule has 1 aromatic carbocycles. The first-order valence-electron chi connectivity index (χ1n) is 10.3. The quantitative estimate of drug-likeness (QED) is 0.561. The Morgan fingerprint density at radius 2 is 2.06 bits per heavy atom. The smallest absolute Gasteiger partial charge is 0.357 e. The number of H-pyrrole nitrogens is 1. The lowest BCUT2D eigenvalue weighted by atomic mass is 9.90. The predicted octanol–water partition coefficient (Wildman–Crippen LogP) is 2.25. The van der Waals surface area contributed by atoms with Crippen LogP contribution in [-0.4, -0.2) is 52.4 Å². The Bertz CT molecular complexity index is 898. The van der Waals surface area contributed by atoms with Gasteiger partial charge in [0.1, 0.15) is 12.4 Å². The summed E-state index contributed by atoms with van der Waals surface area (Å²) in [6.07, 6.45) is 3.45.